The number of hydrogen-bond acceptors (Lipinski definition) is 5. The van der Waals surface area contributed by atoms with E-state index in [2.05, 4.69) is 5.16 Å². The third-order valence-electron chi connectivity index (χ3n) is 3.02. The van der Waals surface area contributed by atoms with E-state index in [1.54, 1.807) is 12.1 Å². The lowest BCUT2D eigenvalue weighted by atomic mass is 10.0. The predicted molar refractivity (Wildman–Crippen MR) is 61.5 cm³/mol. The molecule has 5 heteroatoms. The third kappa shape index (κ3) is 1.54. The highest BCUT2D eigenvalue weighted by molar-refractivity contribution is 6.50. The van der Waals surface area contributed by atoms with E-state index < -0.39 is 0 Å². The molecule has 1 aliphatic carbocycles. The second-order valence-electron chi connectivity index (χ2n) is 3.83. The molecule has 2 rings (SSSR count). The second-order valence-corrected chi connectivity index (χ2v) is 3.83. The number of methoxy groups -OCH3 is 2. The molecule has 1 atom stereocenters. The molecular formula is C12H13NO4. The van der Waals surface area contributed by atoms with Gasteiger partial charge < -0.3 is 14.7 Å². The topological polar surface area (TPSA) is 68.1 Å². The van der Waals surface area contributed by atoms with Crippen LogP contribution >= 0.6 is 0 Å². The molecule has 0 saturated heterocycles. The minimum atomic E-state index is -0.268. The molecule has 0 radical (unpaired) electrons. The fourth-order valence-corrected chi connectivity index (χ4v) is 2.06. The van der Waals surface area contributed by atoms with Crippen molar-refractivity contribution in [1.29, 1.82) is 0 Å². The summed E-state index contributed by atoms with van der Waals surface area (Å²) in [6.07, 6.45) is 0. The summed E-state index contributed by atoms with van der Waals surface area (Å²) in [5.41, 5.74) is 1.44. The van der Waals surface area contributed by atoms with Crippen LogP contribution in [0.25, 0.3) is 0 Å². The van der Waals surface area contributed by atoms with Gasteiger partial charge in [0.15, 0.2) is 11.5 Å². The van der Waals surface area contributed by atoms with E-state index in [9.17, 15) is 4.79 Å². The van der Waals surface area contributed by atoms with E-state index in [1.165, 1.54) is 14.2 Å². The van der Waals surface area contributed by atoms with Crippen molar-refractivity contribution < 1.29 is 19.5 Å². The summed E-state index contributed by atoms with van der Waals surface area (Å²) in [6.45, 7) is 1.81. The molecule has 1 aromatic carbocycles. The number of ether oxygens (including phenoxy) is 2. The predicted octanol–water partition coefficient (Wildman–Crippen LogP) is 1.83. The molecule has 0 aromatic heterocycles. The van der Waals surface area contributed by atoms with Crippen molar-refractivity contribution in [2.24, 2.45) is 5.16 Å². The van der Waals surface area contributed by atoms with Crippen molar-refractivity contribution in [3.8, 4) is 11.5 Å². The Bertz CT molecular complexity index is 507. The van der Waals surface area contributed by atoms with Crippen LogP contribution in [0.1, 0.15) is 28.8 Å². The maximum absolute atomic E-state index is 11.9. The van der Waals surface area contributed by atoms with Crippen molar-refractivity contribution in [3.63, 3.8) is 0 Å². The smallest absolute Gasteiger partial charge is 0.211 e. The maximum Gasteiger partial charge on any atom is 0.211 e. The number of ketones is 1. The number of carbonyl (C=O) groups excluding carboxylic acids is 1. The SMILES string of the molecule is COc1cc2c(cc1OC)C(C)/C(=N\O)C2=O. The van der Waals surface area contributed by atoms with Crippen LogP contribution < -0.4 is 9.47 Å². The lowest BCUT2D eigenvalue weighted by molar-refractivity contribution is 0.106. The van der Waals surface area contributed by atoms with Gasteiger partial charge in [0.25, 0.3) is 0 Å². The van der Waals surface area contributed by atoms with Crippen molar-refractivity contribution in [3.05, 3.63) is 23.3 Å². The number of nitrogens with zero attached hydrogens (tertiary/aromatic N) is 1. The van der Waals surface area contributed by atoms with Gasteiger partial charge in [-0.25, -0.2) is 0 Å². The summed E-state index contributed by atoms with van der Waals surface area (Å²) in [5, 5.41) is 11.9. The average molecular weight is 235 g/mol. The average Bonchev–Trinajstić information content (AvgIpc) is 2.59. The Morgan fingerprint density at radius 2 is 1.82 bits per heavy atom. The minimum Gasteiger partial charge on any atom is -0.493 e. The van der Waals surface area contributed by atoms with Crippen LogP contribution in [0, 0.1) is 0 Å². The Kier molecular flexibility index (Phi) is 2.75. The van der Waals surface area contributed by atoms with E-state index in [1.807, 2.05) is 6.92 Å². The third-order valence-corrected chi connectivity index (χ3v) is 3.02. The Morgan fingerprint density at radius 3 is 2.35 bits per heavy atom. The molecule has 1 aliphatic rings. The summed E-state index contributed by atoms with van der Waals surface area (Å²) in [7, 11) is 3.04. The fraction of sp³-hybridized carbons (Fsp3) is 0.333. The van der Waals surface area contributed by atoms with Crippen LogP contribution in [0.5, 0.6) is 11.5 Å². The van der Waals surface area contributed by atoms with Gasteiger partial charge in [-0.15, -0.1) is 0 Å². The highest BCUT2D eigenvalue weighted by atomic mass is 16.5. The summed E-state index contributed by atoms with van der Waals surface area (Å²) in [5.74, 6) is 0.550. The molecular weight excluding hydrogens is 222 g/mol. The molecule has 17 heavy (non-hydrogen) atoms. The van der Waals surface area contributed by atoms with Crippen molar-refractivity contribution >= 4 is 11.5 Å². The quantitative estimate of drug-likeness (QED) is 0.627. The molecule has 5 nitrogen and oxygen atoms in total. The van der Waals surface area contributed by atoms with Gasteiger partial charge in [0, 0.05) is 11.5 Å². The number of hydrogen-bond donors (Lipinski definition) is 1. The monoisotopic (exact) mass is 235 g/mol. The molecule has 1 N–H and O–H groups in total. The van der Waals surface area contributed by atoms with Gasteiger partial charge in [-0.3, -0.25) is 4.79 Å². The molecule has 0 saturated carbocycles. The molecule has 1 aromatic rings. The van der Waals surface area contributed by atoms with E-state index >= 15 is 0 Å². The van der Waals surface area contributed by atoms with Crippen LogP contribution in [0.3, 0.4) is 0 Å². The largest absolute Gasteiger partial charge is 0.493 e. The van der Waals surface area contributed by atoms with Gasteiger partial charge in [-0.1, -0.05) is 12.1 Å². The first kappa shape index (κ1) is 11.4. The number of benzene rings is 1. The molecule has 0 bridgehead atoms. The van der Waals surface area contributed by atoms with Gasteiger partial charge in [-0.2, -0.15) is 0 Å². The zero-order valence-corrected chi connectivity index (χ0v) is 9.85. The number of fused-ring (bicyclic) bond motifs is 1. The van der Waals surface area contributed by atoms with Crippen LogP contribution in [0.15, 0.2) is 17.3 Å². The zero-order chi connectivity index (χ0) is 12.6. The maximum atomic E-state index is 11.9. The molecule has 1 unspecified atom stereocenters. The lowest BCUT2D eigenvalue weighted by Crippen LogP contribution is -2.10. The van der Waals surface area contributed by atoms with Crippen LogP contribution in [0.2, 0.25) is 0 Å². The second kappa shape index (κ2) is 4.08. The number of oxime groups is 1. The Hall–Kier alpha value is -2.04. The van der Waals surface area contributed by atoms with Crippen LogP contribution in [-0.2, 0) is 0 Å². The molecule has 90 valence electrons. The fourth-order valence-electron chi connectivity index (χ4n) is 2.06. The van der Waals surface area contributed by atoms with Gasteiger partial charge in [0.1, 0.15) is 5.71 Å². The first-order valence-electron chi connectivity index (χ1n) is 5.16. The van der Waals surface area contributed by atoms with Gasteiger partial charge in [0.2, 0.25) is 5.78 Å². The number of Topliss-reactive ketones (excluding diaryl/α,β-unsaturated/α-hetero) is 1. The number of rotatable bonds is 2. The molecule has 0 fully saturated rings. The lowest BCUT2D eigenvalue weighted by Gasteiger charge is -2.10. The van der Waals surface area contributed by atoms with Crippen LogP contribution in [0.4, 0.5) is 0 Å². The first-order chi connectivity index (χ1) is 8.13. The van der Waals surface area contributed by atoms with E-state index in [-0.39, 0.29) is 17.4 Å². The van der Waals surface area contributed by atoms with Gasteiger partial charge in [-0.05, 0) is 17.7 Å². The highest BCUT2D eigenvalue weighted by Crippen LogP contribution is 2.38. The van der Waals surface area contributed by atoms with Gasteiger partial charge >= 0.3 is 0 Å². The Labute approximate surface area is 98.6 Å². The highest BCUT2D eigenvalue weighted by Gasteiger charge is 2.35. The van der Waals surface area contributed by atoms with E-state index in [4.69, 9.17) is 14.7 Å². The molecule has 0 spiro atoms. The Balaban J connectivity index is 2.63. The first-order valence-corrected chi connectivity index (χ1v) is 5.16. The van der Waals surface area contributed by atoms with Crippen molar-refractivity contribution in [2.75, 3.05) is 14.2 Å². The van der Waals surface area contributed by atoms with Crippen LogP contribution in [-0.4, -0.2) is 30.9 Å². The summed E-state index contributed by atoms with van der Waals surface area (Å²) < 4.78 is 10.3. The molecule has 0 amide bonds. The summed E-state index contributed by atoms with van der Waals surface area (Å²) in [6, 6.07) is 3.36. The van der Waals surface area contributed by atoms with Crippen molar-refractivity contribution in [1.82, 2.24) is 0 Å². The van der Waals surface area contributed by atoms with Gasteiger partial charge in [0.05, 0.1) is 14.2 Å². The Morgan fingerprint density at radius 1 is 1.24 bits per heavy atom. The molecule has 0 heterocycles. The van der Waals surface area contributed by atoms with Crippen molar-refractivity contribution in [2.45, 2.75) is 12.8 Å². The summed E-state index contributed by atoms with van der Waals surface area (Å²) >= 11 is 0. The standard InChI is InChI=1S/C12H13NO4/c1-6-7-4-9(16-2)10(17-3)5-8(7)12(14)11(6)13-15/h4-6,15H,1-3H3/b13-11+. The molecule has 0 aliphatic heterocycles. The zero-order valence-electron chi connectivity index (χ0n) is 9.85. The summed E-state index contributed by atoms with van der Waals surface area (Å²) in [4.78, 5) is 11.9. The van der Waals surface area contributed by atoms with E-state index in [0.29, 0.717) is 17.1 Å². The number of carbonyl (C=O) groups is 1. The normalized spacial score (nSPS) is 20.5. The minimum absolute atomic E-state index is 0.148. The van der Waals surface area contributed by atoms with E-state index in [0.717, 1.165) is 5.56 Å².